The maximum Gasteiger partial charge on any atom is 0.239 e. The first kappa shape index (κ1) is 15.8. The molecule has 2 fully saturated rings. The van der Waals surface area contributed by atoms with E-state index in [0.717, 1.165) is 50.7 Å². The standard InChI is InChI=1S/C17H32N2O/c1-3-11-18-16-5-4-12-19(17(16)20)13-10-15-8-6-14(2)7-9-15/h14-16,18H,3-13H2,1-2H3. The fourth-order valence-electron chi connectivity index (χ4n) is 3.63. The number of carbonyl (C=O) groups excluding carboxylic acids is 1. The minimum atomic E-state index is 0.0927. The number of likely N-dealkylation sites (tertiary alicyclic amines) is 1. The molecule has 1 heterocycles. The van der Waals surface area contributed by atoms with Gasteiger partial charge in [0.05, 0.1) is 6.04 Å². The molecule has 1 N–H and O–H groups in total. The zero-order valence-corrected chi connectivity index (χ0v) is 13.4. The summed E-state index contributed by atoms with van der Waals surface area (Å²) < 4.78 is 0. The molecule has 3 heteroatoms. The van der Waals surface area contributed by atoms with E-state index in [1.807, 2.05) is 0 Å². The van der Waals surface area contributed by atoms with Crippen LogP contribution in [0.3, 0.4) is 0 Å². The maximum atomic E-state index is 12.4. The molecule has 1 unspecified atom stereocenters. The average Bonchev–Trinajstić information content (AvgIpc) is 2.47. The van der Waals surface area contributed by atoms with Crippen molar-refractivity contribution in [2.24, 2.45) is 11.8 Å². The zero-order chi connectivity index (χ0) is 14.4. The second kappa shape index (κ2) is 8.02. The summed E-state index contributed by atoms with van der Waals surface area (Å²) in [6.45, 7) is 7.45. The van der Waals surface area contributed by atoms with E-state index < -0.39 is 0 Å². The molecule has 2 aliphatic rings. The number of piperidine rings is 1. The largest absolute Gasteiger partial charge is 0.341 e. The Hall–Kier alpha value is -0.570. The predicted octanol–water partition coefficient (Wildman–Crippen LogP) is 3.19. The van der Waals surface area contributed by atoms with Gasteiger partial charge in [0.15, 0.2) is 0 Å². The van der Waals surface area contributed by atoms with Gasteiger partial charge >= 0.3 is 0 Å². The Morgan fingerprint density at radius 1 is 1.20 bits per heavy atom. The van der Waals surface area contributed by atoms with E-state index in [4.69, 9.17) is 0 Å². The summed E-state index contributed by atoms with van der Waals surface area (Å²) in [5.41, 5.74) is 0. The molecule has 1 aliphatic heterocycles. The van der Waals surface area contributed by atoms with Crippen LogP contribution in [-0.4, -0.2) is 36.5 Å². The van der Waals surface area contributed by atoms with Crippen LogP contribution >= 0.6 is 0 Å². The molecule has 3 nitrogen and oxygen atoms in total. The normalized spacial score (nSPS) is 31.6. The molecule has 0 radical (unpaired) electrons. The molecule has 0 bridgehead atoms. The summed E-state index contributed by atoms with van der Waals surface area (Å²) in [6, 6.07) is 0.0927. The summed E-state index contributed by atoms with van der Waals surface area (Å²) in [6.07, 6.45) is 10.0. The van der Waals surface area contributed by atoms with Crippen LogP contribution in [0.1, 0.15) is 65.2 Å². The van der Waals surface area contributed by atoms with Crippen LogP contribution in [0.25, 0.3) is 0 Å². The summed E-state index contributed by atoms with van der Waals surface area (Å²) in [5, 5.41) is 3.40. The second-order valence-electron chi connectivity index (χ2n) is 6.89. The van der Waals surface area contributed by atoms with Gasteiger partial charge in [-0.1, -0.05) is 39.5 Å². The van der Waals surface area contributed by atoms with Gasteiger partial charge in [-0.25, -0.2) is 0 Å². The fourth-order valence-corrected chi connectivity index (χ4v) is 3.63. The Morgan fingerprint density at radius 3 is 2.65 bits per heavy atom. The number of hydrogen-bond acceptors (Lipinski definition) is 2. The summed E-state index contributed by atoms with van der Waals surface area (Å²) in [5.74, 6) is 2.14. The predicted molar refractivity (Wildman–Crippen MR) is 83.6 cm³/mol. The van der Waals surface area contributed by atoms with Crippen molar-refractivity contribution in [1.82, 2.24) is 10.2 Å². The van der Waals surface area contributed by atoms with E-state index in [9.17, 15) is 4.79 Å². The van der Waals surface area contributed by atoms with Gasteiger partial charge in [0.2, 0.25) is 5.91 Å². The molecule has 0 aromatic carbocycles. The maximum absolute atomic E-state index is 12.4. The molecule has 1 amide bonds. The van der Waals surface area contributed by atoms with Crippen molar-refractivity contribution in [3.63, 3.8) is 0 Å². The van der Waals surface area contributed by atoms with Crippen LogP contribution in [-0.2, 0) is 4.79 Å². The summed E-state index contributed by atoms with van der Waals surface area (Å²) >= 11 is 0. The molecule has 20 heavy (non-hydrogen) atoms. The Bertz CT molecular complexity index is 297. The highest BCUT2D eigenvalue weighted by Crippen LogP contribution is 2.30. The highest BCUT2D eigenvalue weighted by Gasteiger charge is 2.28. The molecule has 116 valence electrons. The van der Waals surface area contributed by atoms with Gasteiger partial charge < -0.3 is 10.2 Å². The van der Waals surface area contributed by atoms with Crippen LogP contribution in [0.15, 0.2) is 0 Å². The summed E-state index contributed by atoms with van der Waals surface area (Å²) in [4.78, 5) is 14.5. The molecule has 0 aromatic heterocycles. The lowest BCUT2D eigenvalue weighted by Gasteiger charge is -2.34. The third kappa shape index (κ3) is 4.47. The van der Waals surface area contributed by atoms with Gasteiger partial charge in [-0.2, -0.15) is 0 Å². The van der Waals surface area contributed by atoms with Crippen molar-refractivity contribution < 1.29 is 4.79 Å². The number of carbonyl (C=O) groups is 1. The van der Waals surface area contributed by atoms with Crippen molar-refractivity contribution in [3.8, 4) is 0 Å². The Kier molecular flexibility index (Phi) is 6.34. The number of rotatable bonds is 6. The molecule has 2 rings (SSSR count). The van der Waals surface area contributed by atoms with Crippen LogP contribution in [0.4, 0.5) is 0 Å². The number of nitrogens with one attached hydrogen (secondary N) is 1. The lowest BCUT2D eigenvalue weighted by Crippen LogP contribution is -2.51. The van der Waals surface area contributed by atoms with Crippen molar-refractivity contribution in [3.05, 3.63) is 0 Å². The average molecular weight is 280 g/mol. The van der Waals surface area contributed by atoms with Crippen LogP contribution in [0.5, 0.6) is 0 Å². The second-order valence-corrected chi connectivity index (χ2v) is 6.89. The van der Waals surface area contributed by atoms with E-state index in [0.29, 0.717) is 5.91 Å². The molecule has 1 atom stereocenters. The SMILES string of the molecule is CCCNC1CCCN(CCC2CCC(C)CC2)C1=O. The molecule has 1 saturated carbocycles. The van der Waals surface area contributed by atoms with Crippen LogP contribution in [0, 0.1) is 11.8 Å². The van der Waals surface area contributed by atoms with Crippen molar-refractivity contribution in [2.45, 2.75) is 71.3 Å². The first-order valence-electron chi connectivity index (χ1n) is 8.73. The summed E-state index contributed by atoms with van der Waals surface area (Å²) in [7, 11) is 0. The van der Waals surface area contributed by atoms with Crippen LogP contribution in [0.2, 0.25) is 0 Å². The van der Waals surface area contributed by atoms with E-state index >= 15 is 0 Å². The van der Waals surface area contributed by atoms with E-state index in [2.05, 4.69) is 24.1 Å². The van der Waals surface area contributed by atoms with Gasteiger partial charge in [-0.3, -0.25) is 4.79 Å². The van der Waals surface area contributed by atoms with E-state index in [-0.39, 0.29) is 6.04 Å². The minimum absolute atomic E-state index is 0.0927. The fraction of sp³-hybridized carbons (Fsp3) is 0.941. The topological polar surface area (TPSA) is 32.3 Å². The van der Waals surface area contributed by atoms with E-state index in [1.165, 1.54) is 32.1 Å². The van der Waals surface area contributed by atoms with Crippen molar-refractivity contribution in [1.29, 1.82) is 0 Å². The van der Waals surface area contributed by atoms with Gasteiger partial charge in [0.1, 0.15) is 0 Å². The van der Waals surface area contributed by atoms with Gasteiger partial charge in [0, 0.05) is 13.1 Å². The molecule has 1 aliphatic carbocycles. The lowest BCUT2D eigenvalue weighted by molar-refractivity contribution is -0.136. The quantitative estimate of drug-likeness (QED) is 0.810. The van der Waals surface area contributed by atoms with Crippen molar-refractivity contribution >= 4 is 5.91 Å². The van der Waals surface area contributed by atoms with Gasteiger partial charge in [0.25, 0.3) is 0 Å². The van der Waals surface area contributed by atoms with Gasteiger partial charge in [-0.05, 0) is 44.1 Å². The molecular weight excluding hydrogens is 248 g/mol. The molecule has 1 saturated heterocycles. The number of hydrogen-bond donors (Lipinski definition) is 1. The first-order chi connectivity index (χ1) is 9.70. The monoisotopic (exact) mass is 280 g/mol. The van der Waals surface area contributed by atoms with E-state index in [1.54, 1.807) is 0 Å². The van der Waals surface area contributed by atoms with Gasteiger partial charge in [-0.15, -0.1) is 0 Å². The number of nitrogens with zero attached hydrogens (tertiary/aromatic N) is 1. The highest BCUT2D eigenvalue weighted by atomic mass is 16.2. The molecule has 0 spiro atoms. The smallest absolute Gasteiger partial charge is 0.239 e. The lowest BCUT2D eigenvalue weighted by atomic mass is 9.81. The Labute approximate surface area is 124 Å². The third-order valence-corrected chi connectivity index (χ3v) is 5.11. The third-order valence-electron chi connectivity index (χ3n) is 5.11. The zero-order valence-electron chi connectivity index (χ0n) is 13.4. The highest BCUT2D eigenvalue weighted by molar-refractivity contribution is 5.82. The molecular formula is C17H32N2O. The minimum Gasteiger partial charge on any atom is -0.341 e. The first-order valence-corrected chi connectivity index (χ1v) is 8.73. The Morgan fingerprint density at radius 2 is 1.95 bits per heavy atom. The van der Waals surface area contributed by atoms with Crippen molar-refractivity contribution in [2.75, 3.05) is 19.6 Å². The number of amides is 1. The Balaban J connectivity index is 1.73. The van der Waals surface area contributed by atoms with Crippen LogP contribution < -0.4 is 5.32 Å². The molecule has 0 aromatic rings.